The van der Waals surface area contributed by atoms with Gasteiger partial charge in [0.05, 0.1) is 21.7 Å². The summed E-state index contributed by atoms with van der Waals surface area (Å²) in [6.07, 6.45) is 2.04. The van der Waals surface area contributed by atoms with E-state index in [9.17, 15) is 13.9 Å². The summed E-state index contributed by atoms with van der Waals surface area (Å²) in [5.74, 6) is -0.928. The molecule has 1 aromatic heterocycles. The number of aliphatic hydroxyl groups is 1. The summed E-state index contributed by atoms with van der Waals surface area (Å²) >= 11 is 1.18. The molecule has 1 heterocycles. The van der Waals surface area contributed by atoms with Crippen LogP contribution in [0, 0.1) is 11.6 Å². The van der Waals surface area contributed by atoms with E-state index in [-0.39, 0.29) is 5.56 Å². The molecule has 1 N–H and O–H groups in total. The van der Waals surface area contributed by atoms with Gasteiger partial charge in [-0.3, -0.25) is 0 Å². The SMILES string of the molecule is CC(C)(O)c1sc(-c2c(F)cccc2F)nc1C1CC1. The average molecular weight is 295 g/mol. The number of thiazole rings is 1. The molecule has 0 spiro atoms. The summed E-state index contributed by atoms with van der Waals surface area (Å²) < 4.78 is 27.7. The number of hydrogen-bond acceptors (Lipinski definition) is 3. The number of aromatic nitrogens is 1. The molecule has 0 bridgehead atoms. The van der Waals surface area contributed by atoms with Crippen molar-refractivity contribution in [2.24, 2.45) is 0 Å². The van der Waals surface area contributed by atoms with Gasteiger partial charge in [0.1, 0.15) is 16.6 Å². The zero-order valence-electron chi connectivity index (χ0n) is 11.3. The zero-order valence-corrected chi connectivity index (χ0v) is 12.1. The molecule has 1 fully saturated rings. The van der Waals surface area contributed by atoms with Gasteiger partial charge >= 0.3 is 0 Å². The molecule has 1 aliphatic carbocycles. The van der Waals surface area contributed by atoms with Gasteiger partial charge in [-0.2, -0.15) is 0 Å². The van der Waals surface area contributed by atoms with Crippen LogP contribution in [0.15, 0.2) is 18.2 Å². The maximum atomic E-state index is 13.9. The van der Waals surface area contributed by atoms with Crippen LogP contribution in [0.1, 0.15) is 43.2 Å². The second-order valence-corrected chi connectivity index (χ2v) is 6.66. The van der Waals surface area contributed by atoms with Gasteiger partial charge < -0.3 is 5.11 Å². The van der Waals surface area contributed by atoms with Crippen LogP contribution >= 0.6 is 11.3 Å². The second-order valence-electron chi connectivity index (χ2n) is 5.66. The Hall–Kier alpha value is -1.33. The van der Waals surface area contributed by atoms with E-state index in [0.29, 0.717) is 15.8 Å². The molecule has 0 unspecified atom stereocenters. The first-order chi connectivity index (χ1) is 9.38. The Morgan fingerprint density at radius 1 is 1.25 bits per heavy atom. The molecule has 0 saturated heterocycles. The van der Waals surface area contributed by atoms with Crippen molar-refractivity contribution >= 4 is 11.3 Å². The smallest absolute Gasteiger partial charge is 0.136 e. The van der Waals surface area contributed by atoms with Crippen molar-refractivity contribution < 1.29 is 13.9 Å². The van der Waals surface area contributed by atoms with Crippen LogP contribution in [-0.4, -0.2) is 10.1 Å². The molecule has 0 radical (unpaired) electrons. The van der Waals surface area contributed by atoms with E-state index in [4.69, 9.17) is 0 Å². The molecule has 0 aliphatic heterocycles. The molecule has 5 heteroatoms. The lowest BCUT2D eigenvalue weighted by molar-refractivity contribution is 0.0813. The summed E-state index contributed by atoms with van der Waals surface area (Å²) in [7, 11) is 0. The first kappa shape index (κ1) is 13.6. The highest BCUT2D eigenvalue weighted by Gasteiger charge is 2.35. The van der Waals surface area contributed by atoms with Crippen molar-refractivity contribution in [2.45, 2.75) is 38.2 Å². The summed E-state index contributed by atoms with van der Waals surface area (Å²) in [6, 6.07) is 3.78. The van der Waals surface area contributed by atoms with Crippen LogP contribution in [-0.2, 0) is 5.60 Å². The average Bonchev–Trinajstić information content (AvgIpc) is 3.08. The Kier molecular flexibility index (Phi) is 3.14. The molecular formula is C15H15F2NOS. The number of rotatable bonds is 3. The minimum absolute atomic E-state index is 0.102. The number of halogens is 2. The maximum absolute atomic E-state index is 13.9. The Morgan fingerprint density at radius 3 is 2.35 bits per heavy atom. The van der Waals surface area contributed by atoms with E-state index >= 15 is 0 Å². The zero-order chi connectivity index (χ0) is 14.5. The molecule has 0 amide bonds. The van der Waals surface area contributed by atoms with Crippen LogP contribution in [0.5, 0.6) is 0 Å². The van der Waals surface area contributed by atoms with Gasteiger partial charge in [0.2, 0.25) is 0 Å². The van der Waals surface area contributed by atoms with Gasteiger partial charge in [0.25, 0.3) is 0 Å². The Bertz CT molecular complexity index is 636. The molecule has 1 aromatic carbocycles. The van der Waals surface area contributed by atoms with Gasteiger partial charge in [0.15, 0.2) is 0 Å². The Labute approximate surface area is 120 Å². The first-order valence-corrected chi connectivity index (χ1v) is 7.37. The summed E-state index contributed by atoms with van der Waals surface area (Å²) in [4.78, 5) is 5.12. The van der Waals surface area contributed by atoms with E-state index in [1.165, 1.54) is 29.5 Å². The van der Waals surface area contributed by atoms with E-state index in [1.807, 2.05) is 0 Å². The fourth-order valence-electron chi connectivity index (χ4n) is 2.21. The predicted molar refractivity (Wildman–Crippen MR) is 74.7 cm³/mol. The molecule has 2 nitrogen and oxygen atoms in total. The van der Waals surface area contributed by atoms with E-state index in [1.54, 1.807) is 13.8 Å². The monoisotopic (exact) mass is 295 g/mol. The Morgan fingerprint density at radius 2 is 1.85 bits per heavy atom. The minimum Gasteiger partial charge on any atom is -0.385 e. The summed E-state index contributed by atoms with van der Waals surface area (Å²) in [6.45, 7) is 3.35. The molecule has 1 aliphatic rings. The normalized spacial score (nSPS) is 15.7. The highest BCUT2D eigenvalue weighted by molar-refractivity contribution is 7.15. The van der Waals surface area contributed by atoms with Gasteiger partial charge in [0, 0.05) is 5.92 Å². The minimum atomic E-state index is -1.05. The van der Waals surface area contributed by atoms with Crippen molar-refractivity contribution in [3.63, 3.8) is 0 Å². The van der Waals surface area contributed by atoms with E-state index in [2.05, 4.69) is 4.98 Å². The first-order valence-electron chi connectivity index (χ1n) is 6.56. The van der Waals surface area contributed by atoms with Gasteiger partial charge in [-0.25, -0.2) is 13.8 Å². The number of nitrogens with zero attached hydrogens (tertiary/aromatic N) is 1. The van der Waals surface area contributed by atoms with Crippen molar-refractivity contribution in [1.82, 2.24) is 4.98 Å². The third-order valence-corrected chi connectivity index (χ3v) is 4.75. The van der Waals surface area contributed by atoms with E-state index in [0.717, 1.165) is 18.5 Å². The molecule has 3 rings (SSSR count). The lowest BCUT2D eigenvalue weighted by Crippen LogP contribution is -2.15. The lowest BCUT2D eigenvalue weighted by Gasteiger charge is -2.16. The van der Waals surface area contributed by atoms with Crippen molar-refractivity contribution in [3.8, 4) is 10.6 Å². The van der Waals surface area contributed by atoms with Crippen molar-refractivity contribution in [2.75, 3.05) is 0 Å². The van der Waals surface area contributed by atoms with Crippen LogP contribution in [0.2, 0.25) is 0 Å². The molecule has 2 aromatic rings. The topological polar surface area (TPSA) is 33.1 Å². The lowest BCUT2D eigenvalue weighted by atomic mass is 10.0. The van der Waals surface area contributed by atoms with Gasteiger partial charge in [-0.15, -0.1) is 11.3 Å². The summed E-state index contributed by atoms with van der Waals surface area (Å²) in [5.41, 5.74) is -0.356. The van der Waals surface area contributed by atoms with Gasteiger partial charge in [-0.05, 0) is 38.8 Å². The molecule has 106 valence electrons. The third kappa shape index (κ3) is 2.36. The quantitative estimate of drug-likeness (QED) is 0.921. The molecule has 0 atom stereocenters. The van der Waals surface area contributed by atoms with Crippen LogP contribution in [0.4, 0.5) is 8.78 Å². The third-order valence-electron chi connectivity index (χ3n) is 3.35. The Balaban J connectivity index is 2.16. The van der Waals surface area contributed by atoms with Crippen LogP contribution in [0.3, 0.4) is 0 Å². The fourth-order valence-corrected chi connectivity index (χ4v) is 3.41. The predicted octanol–water partition coefficient (Wildman–Crippen LogP) is 4.19. The van der Waals surface area contributed by atoms with Crippen molar-refractivity contribution in [3.05, 3.63) is 40.4 Å². The van der Waals surface area contributed by atoms with E-state index < -0.39 is 17.2 Å². The highest BCUT2D eigenvalue weighted by atomic mass is 32.1. The number of benzene rings is 1. The van der Waals surface area contributed by atoms with Crippen LogP contribution in [0.25, 0.3) is 10.6 Å². The highest BCUT2D eigenvalue weighted by Crippen LogP contribution is 2.47. The number of hydrogen-bond donors (Lipinski definition) is 1. The standard InChI is InChI=1S/C15H15F2NOS/c1-15(2,19)13-12(8-6-7-8)18-14(20-13)11-9(16)4-3-5-10(11)17/h3-5,8,19H,6-7H2,1-2H3. The molecule has 1 saturated carbocycles. The van der Waals surface area contributed by atoms with Crippen LogP contribution < -0.4 is 0 Å². The summed E-state index contributed by atoms with van der Waals surface area (Å²) in [5, 5.41) is 10.5. The molecular weight excluding hydrogens is 280 g/mol. The largest absolute Gasteiger partial charge is 0.385 e. The fraction of sp³-hybridized carbons (Fsp3) is 0.400. The second kappa shape index (κ2) is 4.60. The van der Waals surface area contributed by atoms with Gasteiger partial charge in [-0.1, -0.05) is 6.07 Å². The maximum Gasteiger partial charge on any atom is 0.136 e. The molecule has 20 heavy (non-hydrogen) atoms. The van der Waals surface area contributed by atoms with Crippen molar-refractivity contribution in [1.29, 1.82) is 0 Å².